The Morgan fingerprint density at radius 1 is 0.774 bits per heavy atom. The highest BCUT2D eigenvalue weighted by Crippen LogP contribution is 2.26. The molecule has 0 saturated carbocycles. The SMILES string of the molecule is O=C(Nc1ccccc1Cc1ccccc1)c1ccc(Cl)c(NC(=O)c2cccs2)c1. The Hall–Kier alpha value is -3.41. The van der Waals surface area contributed by atoms with Gasteiger partial charge in [-0.25, -0.2) is 0 Å². The molecule has 4 aromatic rings. The maximum atomic E-state index is 12.9. The van der Waals surface area contributed by atoms with E-state index in [4.69, 9.17) is 11.6 Å². The molecule has 0 aliphatic rings. The lowest BCUT2D eigenvalue weighted by molar-refractivity contribution is 0.101. The zero-order valence-electron chi connectivity index (χ0n) is 16.5. The molecule has 154 valence electrons. The number of halogens is 1. The Balaban J connectivity index is 1.52. The summed E-state index contributed by atoms with van der Waals surface area (Å²) in [6.45, 7) is 0. The molecule has 0 aliphatic heterocycles. The molecule has 4 rings (SSSR count). The third kappa shape index (κ3) is 5.20. The molecule has 1 heterocycles. The van der Waals surface area contributed by atoms with E-state index in [1.807, 2.05) is 47.8 Å². The number of para-hydroxylation sites is 1. The topological polar surface area (TPSA) is 58.2 Å². The van der Waals surface area contributed by atoms with Crippen molar-refractivity contribution in [1.82, 2.24) is 0 Å². The van der Waals surface area contributed by atoms with Gasteiger partial charge in [-0.15, -0.1) is 11.3 Å². The smallest absolute Gasteiger partial charge is 0.265 e. The van der Waals surface area contributed by atoms with Gasteiger partial charge in [0.05, 0.1) is 15.6 Å². The number of carbonyl (C=O) groups is 2. The van der Waals surface area contributed by atoms with Gasteiger partial charge in [0, 0.05) is 11.3 Å². The molecule has 0 atom stereocenters. The largest absolute Gasteiger partial charge is 0.322 e. The van der Waals surface area contributed by atoms with E-state index in [0.717, 1.165) is 16.8 Å². The van der Waals surface area contributed by atoms with Crippen molar-refractivity contribution in [3.63, 3.8) is 0 Å². The second kappa shape index (κ2) is 9.60. The van der Waals surface area contributed by atoms with Crippen LogP contribution in [-0.4, -0.2) is 11.8 Å². The highest BCUT2D eigenvalue weighted by atomic mass is 35.5. The average molecular weight is 447 g/mol. The molecular weight excluding hydrogens is 428 g/mol. The molecule has 6 heteroatoms. The Labute approximate surface area is 189 Å². The molecule has 4 nitrogen and oxygen atoms in total. The fourth-order valence-corrected chi connectivity index (χ4v) is 3.94. The summed E-state index contributed by atoms with van der Waals surface area (Å²) in [6, 6.07) is 26.2. The Kier molecular flexibility index (Phi) is 6.46. The van der Waals surface area contributed by atoms with Crippen LogP contribution >= 0.6 is 22.9 Å². The van der Waals surface area contributed by atoms with E-state index in [-0.39, 0.29) is 11.8 Å². The van der Waals surface area contributed by atoms with Crippen LogP contribution in [0.3, 0.4) is 0 Å². The minimum atomic E-state index is -0.274. The Bertz CT molecular complexity index is 1210. The van der Waals surface area contributed by atoms with E-state index in [1.165, 1.54) is 11.3 Å². The molecular formula is C25H19ClN2O2S. The van der Waals surface area contributed by atoms with Gasteiger partial charge >= 0.3 is 0 Å². The third-order valence-corrected chi connectivity index (χ3v) is 5.92. The molecule has 0 radical (unpaired) electrons. The standard InChI is InChI=1S/C25H19ClN2O2S/c26-20-13-12-19(16-22(20)28-25(30)23-11-6-14-31-23)24(29)27-21-10-5-4-9-18(21)15-17-7-2-1-3-8-17/h1-14,16H,15H2,(H,27,29)(H,28,30). The lowest BCUT2D eigenvalue weighted by atomic mass is 10.0. The van der Waals surface area contributed by atoms with Gasteiger partial charge in [-0.05, 0) is 53.3 Å². The zero-order chi connectivity index (χ0) is 21.6. The van der Waals surface area contributed by atoms with E-state index in [1.54, 1.807) is 30.3 Å². The fraction of sp³-hybridized carbons (Fsp3) is 0.0400. The number of rotatable bonds is 6. The second-order valence-corrected chi connectivity index (χ2v) is 8.25. The normalized spacial score (nSPS) is 10.5. The third-order valence-electron chi connectivity index (χ3n) is 4.72. The molecule has 3 aromatic carbocycles. The summed E-state index contributed by atoms with van der Waals surface area (Å²) >= 11 is 7.58. The number of amides is 2. The van der Waals surface area contributed by atoms with Gasteiger partial charge in [-0.2, -0.15) is 0 Å². The van der Waals surface area contributed by atoms with Crippen LogP contribution in [0.25, 0.3) is 0 Å². The maximum Gasteiger partial charge on any atom is 0.265 e. The van der Waals surface area contributed by atoms with E-state index in [9.17, 15) is 9.59 Å². The molecule has 31 heavy (non-hydrogen) atoms. The highest BCUT2D eigenvalue weighted by Gasteiger charge is 2.14. The van der Waals surface area contributed by atoms with Crippen LogP contribution in [0.4, 0.5) is 11.4 Å². The molecule has 0 fully saturated rings. The first-order valence-electron chi connectivity index (χ1n) is 9.68. The van der Waals surface area contributed by atoms with Crippen molar-refractivity contribution in [2.24, 2.45) is 0 Å². The van der Waals surface area contributed by atoms with Crippen molar-refractivity contribution >= 4 is 46.1 Å². The summed E-state index contributed by atoms with van der Waals surface area (Å²) < 4.78 is 0. The molecule has 2 N–H and O–H groups in total. The number of nitrogens with one attached hydrogen (secondary N) is 2. The number of carbonyl (C=O) groups excluding carboxylic acids is 2. The predicted molar refractivity (Wildman–Crippen MR) is 127 cm³/mol. The van der Waals surface area contributed by atoms with Crippen LogP contribution in [0.15, 0.2) is 90.3 Å². The molecule has 0 aliphatic carbocycles. The van der Waals surface area contributed by atoms with E-state index in [0.29, 0.717) is 27.6 Å². The summed E-state index contributed by atoms with van der Waals surface area (Å²) in [5, 5.41) is 7.95. The first-order valence-corrected chi connectivity index (χ1v) is 10.9. The first kappa shape index (κ1) is 20.8. The number of hydrogen-bond donors (Lipinski definition) is 2. The zero-order valence-corrected chi connectivity index (χ0v) is 18.0. The monoisotopic (exact) mass is 446 g/mol. The van der Waals surface area contributed by atoms with Crippen molar-refractivity contribution in [3.05, 3.63) is 117 Å². The number of thiophene rings is 1. The Morgan fingerprint density at radius 3 is 2.29 bits per heavy atom. The van der Waals surface area contributed by atoms with Gasteiger partial charge in [-0.3, -0.25) is 9.59 Å². The van der Waals surface area contributed by atoms with E-state index < -0.39 is 0 Å². The van der Waals surface area contributed by atoms with Crippen LogP contribution in [0.5, 0.6) is 0 Å². The fourth-order valence-electron chi connectivity index (χ4n) is 3.16. The molecule has 0 bridgehead atoms. The summed E-state index contributed by atoms with van der Waals surface area (Å²) in [6.07, 6.45) is 0.708. The molecule has 0 spiro atoms. The number of hydrogen-bond acceptors (Lipinski definition) is 3. The quantitative estimate of drug-likeness (QED) is 0.355. The van der Waals surface area contributed by atoms with Crippen molar-refractivity contribution in [1.29, 1.82) is 0 Å². The van der Waals surface area contributed by atoms with Gasteiger partial charge in [-0.1, -0.05) is 66.2 Å². The van der Waals surface area contributed by atoms with Crippen molar-refractivity contribution in [2.45, 2.75) is 6.42 Å². The maximum absolute atomic E-state index is 12.9. The number of benzene rings is 3. The molecule has 0 saturated heterocycles. The van der Waals surface area contributed by atoms with Crippen LogP contribution in [0.1, 0.15) is 31.2 Å². The molecule has 0 unspecified atom stereocenters. The average Bonchev–Trinajstić information content (AvgIpc) is 3.32. The molecule has 2 amide bonds. The van der Waals surface area contributed by atoms with Crippen molar-refractivity contribution in [2.75, 3.05) is 10.6 Å². The lowest BCUT2D eigenvalue weighted by Gasteiger charge is -2.13. The van der Waals surface area contributed by atoms with Crippen LogP contribution in [0, 0.1) is 0 Å². The van der Waals surface area contributed by atoms with E-state index in [2.05, 4.69) is 22.8 Å². The van der Waals surface area contributed by atoms with Gasteiger partial charge < -0.3 is 10.6 Å². The molecule has 1 aromatic heterocycles. The summed E-state index contributed by atoms with van der Waals surface area (Å²) in [5.41, 5.74) is 3.72. The van der Waals surface area contributed by atoms with Crippen LogP contribution < -0.4 is 10.6 Å². The first-order chi connectivity index (χ1) is 15.1. The summed E-state index contributed by atoms with van der Waals surface area (Å²) in [7, 11) is 0. The van der Waals surface area contributed by atoms with E-state index >= 15 is 0 Å². The highest BCUT2D eigenvalue weighted by molar-refractivity contribution is 7.12. The van der Waals surface area contributed by atoms with Crippen molar-refractivity contribution < 1.29 is 9.59 Å². The number of anilines is 2. The predicted octanol–water partition coefficient (Wildman–Crippen LogP) is 6.50. The van der Waals surface area contributed by atoms with Gasteiger partial charge in [0.2, 0.25) is 0 Å². The Morgan fingerprint density at radius 2 is 1.52 bits per heavy atom. The van der Waals surface area contributed by atoms with Crippen LogP contribution in [-0.2, 0) is 6.42 Å². The van der Waals surface area contributed by atoms with Gasteiger partial charge in [0.15, 0.2) is 0 Å². The van der Waals surface area contributed by atoms with Gasteiger partial charge in [0.1, 0.15) is 0 Å². The van der Waals surface area contributed by atoms with Crippen molar-refractivity contribution in [3.8, 4) is 0 Å². The van der Waals surface area contributed by atoms with Gasteiger partial charge in [0.25, 0.3) is 11.8 Å². The summed E-state index contributed by atoms with van der Waals surface area (Å²) in [5.74, 6) is -0.536. The van der Waals surface area contributed by atoms with Crippen LogP contribution in [0.2, 0.25) is 5.02 Å². The minimum absolute atomic E-state index is 0.261. The lowest BCUT2D eigenvalue weighted by Crippen LogP contribution is -2.15. The summed E-state index contributed by atoms with van der Waals surface area (Å²) in [4.78, 5) is 25.9. The second-order valence-electron chi connectivity index (χ2n) is 6.90. The minimum Gasteiger partial charge on any atom is -0.322 e.